The Kier molecular flexibility index (Phi) is 6.06. The molecule has 4 nitrogen and oxygen atoms in total. The summed E-state index contributed by atoms with van der Waals surface area (Å²) in [4.78, 5) is 10.9. The van der Waals surface area contributed by atoms with Gasteiger partial charge >= 0.3 is 0 Å². The van der Waals surface area contributed by atoms with E-state index in [1.54, 1.807) is 0 Å². The van der Waals surface area contributed by atoms with Gasteiger partial charge in [-0.05, 0) is 0 Å². The van der Waals surface area contributed by atoms with E-state index in [2.05, 4.69) is 10.6 Å². The lowest BCUT2D eigenvalue weighted by Gasteiger charge is -2.26. The number of carbonyl (C=O) groups is 1. The van der Waals surface area contributed by atoms with E-state index in [9.17, 15) is 4.79 Å². The van der Waals surface area contributed by atoms with E-state index in [-0.39, 0.29) is 18.3 Å². The summed E-state index contributed by atoms with van der Waals surface area (Å²) in [6.45, 7) is 3.30. The molecule has 0 saturated carbocycles. The molecule has 1 fully saturated rings. The van der Waals surface area contributed by atoms with Crippen molar-refractivity contribution >= 4 is 18.3 Å². The van der Waals surface area contributed by atoms with Crippen LogP contribution >= 0.6 is 12.4 Å². The highest BCUT2D eigenvalue weighted by Crippen LogP contribution is 1.99. The van der Waals surface area contributed by atoms with Crippen LogP contribution < -0.4 is 16.4 Å². The highest BCUT2D eigenvalue weighted by molar-refractivity contribution is 5.85. The van der Waals surface area contributed by atoms with Gasteiger partial charge in [0.05, 0.1) is 0 Å². The molecule has 1 aliphatic heterocycles. The Morgan fingerprint density at radius 2 is 2.25 bits per heavy atom. The maximum Gasteiger partial charge on any atom is 0.221 e. The van der Waals surface area contributed by atoms with Crippen LogP contribution in [0.15, 0.2) is 0 Å². The molecule has 0 unspecified atom stereocenters. The standard InChI is InChI=1S/C7H15N3O.ClH/c8-2-1-7(11)10-5-6-3-9-4-6;/h6,9H,1-5,8H2,(H,10,11);1H. The van der Waals surface area contributed by atoms with Gasteiger partial charge in [-0.3, -0.25) is 4.79 Å². The van der Waals surface area contributed by atoms with Gasteiger partial charge in [0.1, 0.15) is 0 Å². The molecule has 0 atom stereocenters. The maximum atomic E-state index is 10.9. The third kappa shape index (κ3) is 3.90. The van der Waals surface area contributed by atoms with Crippen LogP contribution in [0.25, 0.3) is 0 Å². The molecule has 1 amide bonds. The first-order chi connectivity index (χ1) is 5.33. The predicted molar refractivity (Wildman–Crippen MR) is 50.3 cm³/mol. The molecule has 0 aromatic heterocycles. The Balaban J connectivity index is 0.00000121. The highest BCUT2D eigenvalue weighted by atomic mass is 35.5. The zero-order chi connectivity index (χ0) is 8.10. The molecule has 0 spiro atoms. The van der Waals surface area contributed by atoms with Crippen molar-refractivity contribution in [2.45, 2.75) is 6.42 Å². The minimum atomic E-state index is 0. The lowest BCUT2D eigenvalue weighted by Crippen LogP contribution is -2.48. The third-order valence-electron chi connectivity index (χ3n) is 1.83. The summed E-state index contributed by atoms with van der Waals surface area (Å²) < 4.78 is 0. The average Bonchev–Trinajstić information content (AvgIpc) is 1.85. The van der Waals surface area contributed by atoms with Crippen LogP contribution in [0.1, 0.15) is 6.42 Å². The van der Waals surface area contributed by atoms with E-state index in [1.165, 1.54) is 0 Å². The van der Waals surface area contributed by atoms with E-state index in [1.807, 2.05) is 0 Å². The number of hydrogen-bond donors (Lipinski definition) is 3. The van der Waals surface area contributed by atoms with Crippen molar-refractivity contribution < 1.29 is 4.79 Å². The molecule has 1 saturated heterocycles. The summed E-state index contributed by atoms with van der Waals surface area (Å²) in [5.41, 5.74) is 5.21. The molecule has 12 heavy (non-hydrogen) atoms. The zero-order valence-electron chi connectivity index (χ0n) is 7.01. The Bertz CT molecular complexity index is 139. The quantitative estimate of drug-likeness (QED) is 0.542. The Hall–Kier alpha value is -0.320. The number of rotatable bonds is 4. The maximum absolute atomic E-state index is 10.9. The van der Waals surface area contributed by atoms with Gasteiger partial charge in [0, 0.05) is 38.5 Å². The minimum Gasteiger partial charge on any atom is -0.356 e. The molecular weight excluding hydrogens is 178 g/mol. The van der Waals surface area contributed by atoms with Gasteiger partial charge in [0.15, 0.2) is 0 Å². The summed E-state index contributed by atoms with van der Waals surface area (Å²) in [6.07, 6.45) is 0.445. The van der Waals surface area contributed by atoms with Crippen LogP contribution in [0.4, 0.5) is 0 Å². The zero-order valence-corrected chi connectivity index (χ0v) is 7.82. The largest absolute Gasteiger partial charge is 0.356 e. The molecule has 72 valence electrons. The predicted octanol–water partition coefficient (Wildman–Crippen LogP) is -0.907. The van der Waals surface area contributed by atoms with Crippen LogP contribution in [-0.2, 0) is 4.79 Å². The van der Waals surface area contributed by atoms with Crippen LogP contribution in [0.2, 0.25) is 0 Å². The van der Waals surface area contributed by atoms with Crippen LogP contribution in [0, 0.1) is 5.92 Å². The Morgan fingerprint density at radius 3 is 2.67 bits per heavy atom. The van der Waals surface area contributed by atoms with E-state index < -0.39 is 0 Å². The topological polar surface area (TPSA) is 67.2 Å². The molecule has 0 aliphatic carbocycles. The van der Waals surface area contributed by atoms with Crippen molar-refractivity contribution in [3.63, 3.8) is 0 Å². The van der Waals surface area contributed by atoms with Crippen molar-refractivity contribution in [2.75, 3.05) is 26.2 Å². The second-order valence-electron chi connectivity index (χ2n) is 2.87. The van der Waals surface area contributed by atoms with Crippen molar-refractivity contribution in [1.29, 1.82) is 0 Å². The molecule has 0 bridgehead atoms. The number of carbonyl (C=O) groups excluding carboxylic acids is 1. The Morgan fingerprint density at radius 1 is 1.58 bits per heavy atom. The lowest BCUT2D eigenvalue weighted by molar-refractivity contribution is -0.121. The highest BCUT2D eigenvalue weighted by Gasteiger charge is 2.16. The SMILES string of the molecule is Cl.NCCC(=O)NCC1CNC1. The second-order valence-corrected chi connectivity index (χ2v) is 2.87. The first-order valence-corrected chi connectivity index (χ1v) is 4.00. The molecule has 0 aromatic carbocycles. The number of hydrogen-bond acceptors (Lipinski definition) is 3. The number of amides is 1. The summed E-state index contributed by atoms with van der Waals surface area (Å²) >= 11 is 0. The fraction of sp³-hybridized carbons (Fsp3) is 0.857. The smallest absolute Gasteiger partial charge is 0.221 e. The monoisotopic (exact) mass is 193 g/mol. The number of nitrogens with one attached hydrogen (secondary N) is 2. The average molecular weight is 194 g/mol. The molecule has 1 aliphatic rings. The van der Waals surface area contributed by atoms with Crippen molar-refractivity contribution in [3.8, 4) is 0 Å². The number of halogens is 1. The summed E-state index contributed by atoms with van der Waals surface area (Å²) in [5.74, 6) is 0.705. The third-order valence-corrected chi connectivity index (χ3v) is 1.83. The second kappa shape index (κ2) is 6.22. The van der Waals surface area contributed by atoms with E-state index in [4.69, 9.17) is 5.73 Å². The fourth-order valence-electron chi connectivity index (χ4n) is 0.970. The molecular formula is C7H16ClN3O. The van der Waals surface area contributed by atoms with E-state index in [0.717, 1.165) is 19.6 Å². The van der Waals surface area contributed by atoms with Crippen molar-refractivity contribution in [3.05, 3.63) is 0 Å². The van der Waals surface area contributed by atoms with Gasteiger partial charge in [-0.1, -0.05) is 0 Å². The fourth-order valence-corrected chi connectivity index (χ4v) is 0.970. The first kappa shape index (κ1) is 11.7. The van der Waals surface area contributed by atoms with E-state index >= 15 is 0 Å². The minimum absolute atomic E-state index is 0. The van der Waals surface area contributed by atoms with Gasteiger partial charge in [-0.25, -0.2) is 0 Å². The first-order valence-electron chi connectivity index (χ1n) is 4.00. The Labute approximate surface area is 78.7 Å². The molecule has 1 heterocycles. The molecule has 0 aromatic rings. The van der Waals surface area contributed by atoms with Crippen LogP contribution in [0.3, 0.4) is 0 Å². The molecule has 5 heteroatoms. The van der Waals surface area contributed by atoms with Crippen molar-refractivity contribution in [2.24, 2.45) is 11.7 Å². The normalized spacial score (nSPS) is 16.1. The van der Waals surface area contributed by atoms with E-state index in [0.29, 0.717) is 18.9 Å². The summed E-state index contributed by atoms with van der Waals surface area (Å²) in [5, 5.41) is 5.97. The lowest BCUT2D eigenvalue weighted by atomic mass is 10.0. The molecule has 4 N–H and O–H groups in total. The molecule has 0 radical (unpaired) electrons. The van der Waals surface area contributed by atoms with Gasteiger partial charge in [0.2, 0.25) is 5.91 Å². The van der Waals surface area contributed by atoms with Crippen LogP contribution in [0.5, 0.6) is 0 Å². The van der Waals surface area contributed by atoms with Gasteiger partial charge in [-0.15, -0.1) is 12.4 Å². The van der Waals surface area contributed by atoms with Gasteiger partial charge in [-0.2, -0.15) is 0 Å². The summed E-state index contributed by atoms with van der Waals surface area (Å²) in [7, 11) is 0. The van der Waals surface area contributed by atoms with Crippen molar-refractivity contribution in [1.82, 2.24) is 10.6 Å². The number of nitrogens with two attached hydrogens (primary N) is 1. The molecule has 1 rings (SSSR count). The van der Waals surface area contributed by atoms with Gasteiger partial charge < -0.3 is 16.4 Å². The van der Waals surface area contributed by atoms with Gasteiger partial charge in [0.25, 0.3) is 0 Å². The summed E-state index contributed by atoms with van der Waals surface area (Å²) in [6, 6.07) is 0. The van der Waals surface area contributed by atoms with Crippen LogP contribution in [-0.4, -0.2) is 32.1 Å².